The molecule has 142 valence electrons. The van der Waals surface area contributed by atoms with E-state index in [0.717, 1.165) is 35.3 Å². The zero-order valence-corrected chi connectivity index (χ0v) is 16.2. The number of ether oxygens (including phenoxy) is 2. The van der Waals surface area contributed by atoms with Gasteiger partial charge in [-0.1, -0.05) is 0 Å². The predicted octanol–water partition coefficient (Wildman–Crippen LogP) is 3.92. The van der Waals surface area contributed by atoms with Gasteiger partial charge in [-0.15, -0.1) is 11.3 Å². The van der Waals surface area contributed by atoms with Gasteiger partial charge in [-0.05, 0) is 53.9 Å². The Morgan fingerprint density at radius 2 is 2.29 bits per heavy atom. The molecule has 1 aromatic carbocycles. The topological polar surface area (TPSA) is 77.1 Å². The maximum absolute atomic E-state index is 12.8. The number of benzene rings is 1. The Morgan fingerprint density at radius 1 is 1.36 bits per heavy atom. The maximum atomic E-state index is 12.8. The van der Waals surface area contributed by atoms with Crippen LogP contribution in [0.5, 0.6) is 5.75 Å². The van der Waals surface area contributed by atoms with E-state index < -0.39 is 0 Å². The molecule has 0 aliphatic carbocycles. The third-order valence-electron chi connectivity index (χ3n) is 5.07. The van der Waals surface area contributed by atoms with Gasteiger partial charge >= 0.3 is 0 Å². The number of hydrogen-bond acceptors (Lipinski definition) is 6. The summed E-state index contributed by atoms with van der Waals surface area (Å²) in [5.74, 6) is 1.58. The Bertz CT molecular complexity index is 1220. The summed E-state index contributed by atoms with van der Waals surface area (Å²) in [7, 11) is 0. The molecule has 1 aliphatic heterocycles. The second-order valence-electron chi connectivity index (χ2n) is 7.12. The zero-order chi connectivity index (χ0) is 19.1. The van der Waals surface area contributed by atoms with Gasteiger partial charge in [-0.3, -0.25) is 9.78 Å². The molecule has 6 nitrogen and oxygen atoms in total. The summed E-state index contributed by atoms with van der Waals surface area (Å²) < 4.78 is 12.4. The molecule has 28 heavy (non-hydrogen) atoms. The number of nitrogens with one attached hydrogen (secondary N) is 1. The first kappa shape index (κ1) is 17.3. The number of aromatic nitrogens is 3. The Kier molecular flexibility index (Phi) is 4.33. The first-order chi connectivity index (χ1) is 13.7. The minimum atomic E-state index is -0.190. The van der Waals surface area contributed by atoms with Crippen LogP contribution in [0.3, 0.4) is 0 Å². The van der Waals surface area contributed by atoms with Gasteiger partial charge in [0, 0.05) is 18.7 Å². The minimum Gasteiger partial charge on any atom is -0.493 e. The third kappa shape index (κ3) is 3.16. The van der Waals surface area contributed by atoms with E-state index in [1.165, 1.54) is 0 Å². The molecule has 1 aliphatic rings. The second kappa shape index (κ2) is 7.00. The van der Waals surface area contributed by atoms with Crippen LogP contribution in [0, 0.1) is 12.8 Å². The van der Waals surface area contributed by atoms with Gasteiger partial charge < -0.3 is 14.5 Å². The van der Waals surface area contributed by atoms with E-state index >= 15 is 0 Å². The van der Waals surface area contributed by atoms with E-state index in [1.54, 1.807) is 17.4 Å². The number of rotatable bonds is 4. The highest BCUT2D eigenvalue weighted by atomic mass is 32.1. The Morgan fingerprint density at radius 3 is 3.14 bits per heavy atom. The van der Waals surface area contributed by atoms with Gasteiger partial charge in [-0.2, -0.15) is 0 Å². The molecular formula is C21H19N3O3S. The van der Waals surface area contributed by atoms with Crippen molar-refractivity contribution in [3.63, 3.8) is 0 Å². The average molecular weight is 393 g/mol. The van der Waals surface area contributed by atoms with E-state index in [-0.39, 0.29) is 5.56 Å². The number of aromatic amines is 1. The summed E-state index contributed by atoms with van der Waals surface area (Å²) in [5.41, 5.74) is 2.04. The summed E-state index contributed by atoms with van der Waals surface area (Å²) in [4.78, 5) is 24.8. The molecule has 1 fully saturated rings. The van der Waals surface area contributed by atoms with Gasteiger partial charge in [-0.25, -0.2) is 4.98 Å². The lowest BCUT2D eigenvalue weighted by Crippen LogP contribution is -2.13. The number of nitrogens with zero attached hydrogens (tertiary/aromatic N) is 2. The molecule has 0 saturated carbocycles. The number of fused-ring (bicyclic) bond motifs is 2. The Hall–Kier alpha value is -2.77. The van der Waals surface area contributed by atoms with Gasteiger partial charge in [0.05, 0.1) is 28.8 Å². The van der Waals surface area contributed by atoms with Crippen LogP contribution in [0.1, 0.15) is 12.0 Å². The fraction of sp³-hybridized carbons (Fsp3) is 0.286. The van der Waals surface area contributed by atoms with E-state index in [0.29, 0.717) is 40.7 Å². The van der Waals surface area contributed by atoms with Crippen molar-refractivity contribution in [2.24, 2.45) is 5.92 Å². The quantitative estimate of drug-likeness (QED) is 0.569. The largest absolute Gasteiger partial charge is 0.493 e. The van der Waals surface area contributed by atoms with Crippen LogP contribution in [0.2, 0.25) is 0 Å². The minimum absolute atomic E-state index is 0.190. The van der Waals surface area contributed by atoms with E-state index in [9.17, 15) is 4.79 Å². The van der Waals surface area contributed by atoms with Crippen LogP contribution in [0.15, 0.2) is 40.6 Å². The highest BCUT2D eigenvalue weighted by molar-refractivity contribution is 7.17. The summed E-state index contributed by atoms with van der Waals surface area (Å²) in [6.07, 6.45) is 2.83. The van der Waals surface area contributed by atoms with Crippen molar-refractivity contribution in [3.05, 3.63) is 51.8 Å². The Labute approximate surface area is 165 Å². The smallest absolute Gasteiger partial charge is 0.259 e. The highest BCUT2D eigenvalue weighted by Gasteiger charge is 2.17. The van der Waals surface area contributed by atoms with E-state index in [4.69, 9.17) is 9.47 Å². The molecule has 7 heteroatoms. The van der Waals surface area contributed by atoms with Crippen molar-refractivity contribution in [3.8, 4) is 17.3 Å². The monoisotopic (exact) mass is 393 g/mol. The third-order valence-corrected chi connectivity index (χ3v) is 5.93. The molecule has 0 radical (unpaired) electrons. The molecule has 0 unspecified atom stereocenters. The predicted molar refractivity (Wildman–Crippen MR) is 110 cm³/mol. The normalized spacial score (nSPS) is 16.8. The summed E-state index contributed by atoms with van der Waals surface area (Å²) >= 11 is 1.64. The number of thiophene rings is 1. The summed E-state index contributed by atoms with van der Waals surface area (Å²) in [6, 6.07) is 7.69. The lowest BCUT2D eigenvalue weighted by atomic mass is 10.1. The molecule has 4 aromatic rings. The lowest BCUT2D eigenvalue weighted by molar-refractivity contribution is 0.167. The van der Waals surface area contributed by atoms with Crippen LogP contribution in [-0.2, 0) is 4.74 Å². The highest BCUT2D eigenvalue weighted by Crippen LogP contribution is 2.26. The van der Waals surface area contributed by atoms with Crippen molar-refractivity contribution in [1.29, 1.82) is 0 Å². The molecule has 1 saturated heterocycles. The fourth-order valence-electron chi connectivity index (χ4n) is 3.51. The first-order valence-electron chi connectivity index (χ1n) is 9.26. The average Bonchev–Trinajstić information content (AvgIpc) is 3.38. The number of hydrogen-bond donors (Lipinski definition) is 1. The molecular weight excluding hydrogens is 374 g/mol. The van der Waals surface area contributed by atoms with Crippen molar-refractivity contribution in [2.45, 2.75) is 13.3 Å². The van der Waals surface area contributed by atoms with Crippen LogP contribution in [-0.4, -0.2) is 34.8 Å². The van der Waals surface area contributed by atoms with Crippen LogP contribution in [0.4, 0.5) is 0 Å². The van der Waals surface area contributed by atoms with Crippen molar-refractivity contribution in [1.82, 2.24) is 15.0 Å². The van der Waals surface area contributed by atoms with Gasteiger partial charge in [0.2, 0.25) is 0 Å². The van der Waals surface area contributed by atoms with Crippen LogP contribution in [0.25, 0.3) is 32.5 Å². The number of aryl methyl sites for hydroxylation is 1. The van der Waals surface area contributed by atoms with Gasteiger partial charge in [0.25, 0.3) is 5.56 Å². The van der Waals surface area contributed by atoms with E-state index in [1.807, 2.05) is 36.7 Å². The maximum Gasteiger partial charge on any atom is 0.259 e. The lowest BCUT2D eigenvalue weighted by Gasteiger charge is -2.12. The SMILES string of the molecule is Cc1cc(OC[C@H]2CCOC2)cc2c(=O)[nH]c(-c3cc4ccsc4cn3)nc12. The molecule has 1 N–H and O–H groups in total. The van der Waals surface area contributed by atoms with Crippen molar-refractivity contribution in [2.75, 3.05) is 19.8 Å². The molecule has 1 atom stereocenters. The van der Waals surface area contributed by atoms with Crippen LogP contribution < -0.4 is 10.3 Å². The molecule has 0 bridgehead atoms. The van der Waals surface area contributed by atoms with Crippen molar-refractivity contribution >= 4 is 32.3 Å². The first-order valence-corrected chi connectivity index (χ1v) is 10.1. The van der Waals surface area contributed by atoms with E-state index in [2.05, 4.69) is 15.0 Å². The standard InChI is InChI=1S/C21H19N3O3S/c1-12-6-15(27-11-13-2-4-26-10-13)8-16-19(12)23-20(24-21(16)25)17-7-14-3-5-28-18(14)9-22-17/h3,5-9,13H,2,4,10-11H2,1H3,(H,23,24,25)/t13-/m0/s1. The van der Waals surface area contributed by atoms with Gasteiger partial charge in [0.1, 0.15) is 11.4 Å². The molecule has 4 heterocycles. The summed E-state index contributed by atoms with van der Waals surface area (Å²) in [6.45, 7) is 4.07. The summed E-state index contributed by atoms with van der Waals surface area (Å²) in [5, 5.41) is 3.64. The molecule has 5 rings (SSSR count). The number of H-pyrrole nitrogens is 1. The molecule has 3 aromatic heterocycles. The molecule has 0 amide bonds. The number of pyridine rings is 1. The fourth-order valence-corrected chi connectivity index (χ4v) is 4.25. The van der Waals surface area contributed by atoms with Crippen LogP contribution >= 0.6 is 11.3 Å². The van der Waals surface area contributed by atoms with Gasteiger partial charge in [0.15, 0.2) is 5.82 Å². The zero-order valence-electron chi connectivity index (χ0n) is 15.4. The Balaban J connectivity index is 1.52. The molecule has 0 spiro atoms. The van der Waals surface area contributed by atoms with Crippen molar-refractivity contribution < 1.29 is 9.47 Å². The second-order valence-corrected chi connectivity index (χ2v) is 8.07.